The van der Waals surface area contributed by atoms with Crippen LogP contribution in [0.15, 0.2) is 36.5 Å². The molecule has 0 aliphatic heterocycles. The lowest BCUT2D eigenvalue weighted by Gasteiger charge is -2.14. The van der Waals surface area contributed by atoms with Gasteiger partial charge < -0.3 is 5.32 Å². The molecule has 0 aliphatic rings. The molecule has 0 spiro atoms. The summed E-state index contributed by atoms with van der Waals surface area (Å²) in [5.74, 6) is 0. The highest BCUT2D eigenvalue weighted by atomic mass is 19.3. The molecule has 96 valence electrons. The lowest BCUT2D eigenvalue weighted by Crippen LogP contribution is -2.01. The molecular formula is C14H11F2N3. The Balaban J connectivity index is 2.50. The zero-order valence-electron chi connectivity index (χ0n) is 10.2. The number of halogens is 2. The molecule has 3 nitrogen and oxygen atoms in total. The Morgan fingerprint density at radius 3 is 2.68 bits per heavy atom. The Kier molecular flexibility index (Phi) is 3.71. The summed E-state index contributed by atoms with van der Waals surface area (Å²) in [5, 5.41) is 11.9. The highest BCUT2D eigenvalue weighted by molar-refractivity contribution is 5.71. The van der Waals surface area contributed by atoms with E-state index in [1.54, 1.807) is 25.3 Å². The third kappa shape index (κ3) is 2.68. The second kappa shape index (κ2) is 5.44. The quantitative estimate of drug-likeness (QED) is 0.908. The van der Waals surface area contributed by atoms with Gasteiger partial charge in [-0.15, -0.1) is 0 Å². The summed E-state index contributed by atoms with van der Waals surface area (Å²) in [6, 6.07) is 9.59. The molecule has 5 heteroatoms. The van der Waals surface area contributed by atoms with Crippen LogP contribution < -0.4 is 5.32 Å². The summed E-state index contributed by atoms with van der Waals surface area (Å²) < 4.78 is 26.0. The van der Waals surface area contributed by atoms with Crippen LogP contribution in [0.5, 0.6) is 0 Å². The molecule has 0 radical (unpaired) electrons. The van der Waals surface area contributed by atoms with Gasteiger partial charge in [0.2, 0.25) is 0 Å². The molecule has 19 heavy (non-hydrogen) atoms. The van der Waals surface area contributed by atoms with Crippen molar-refractivity contribution in [2.75, 3.05) is 5.32 Å². The Labute approximate surface area is 109 Å². The lowest BCUT2D eigenvalue weighted by atomic mass is 10.1. The number of nitrogens with zero attached hydrogens (tertiary/aromatic N) is 2. The van der Waals surface area contributed by atoms with Gasteiger partial charge in [-0.3, -0.25) is 4.98 Å². The standard InChI is InChI=1S/C14H11F2N3/c1-9-12(6-3-7-18-9)19-13-10(8-17)4-2-5-11(13)14(15)16/h2-7,14,19H,1H3. The topological polar surface area (TPSA) is 48.7 Å². The van der Waals surface area contributed by atoms with Crippen LogP contribution in [-0.2, 0) is 0 Å². The average molecular weight is 259 g/mol. The molecular weight excluding hydrogens is 248 g/mol. The number of nitrogens with one attached hydrogen (secondary N) is 1. The first-order valence-corrected chi connectivity index (χ1v) is 5.63. The Morgan fingerprint density at radius 1 is 1.26 bits per heavy atom. The first-order chi connectivity index (χ1) is 9.13. The van der Waals surface area contributed by atoms with E-state index in [-0.39, 0.29) is 16.8 Å². The molecule has 0 saturated carbocycles. The van der Waals surface area contributed by atoms with Crippen LogP contribution in [0, 0.1) is 18.3 Å². The summed E-state index contributed by atoms with van der Waals surface area (Å²) in [4.78, 5) is 4.07. The van der Waals surface area contributed by atoms with E-state index in [0.29, 0.717) is 11.4 Å². The van der Waals surface area contributed by atoms with Crippen molar-refractivity contribution in [1.29, 1.82) is 5.26 Å². The van der Waals surface area contributed by atoms with Crippen molar-refractivity contribution in [2.45, 2.75) is 13.3 Å². The van der Waals surface area contributed by atoms with Gasteiger partial charge in [-0.25, -0.2) is 8.78 Å². The lowest BCUT2D eigenvalue weighted by molar-refractivity contribution is 0.152. The second-order valence-electron chi connectivity index (χ2n) is 3.94. The zero-order chi connectivity index (χ0) is 13.8. The molecule has 1 heterocycles. The number of anilines is 2. The fourth-order valence-corrected chi connectivity index (χ4v) is 1.74. The SMILES string of the molecule is Cc1ncccc1Nc1c(C#N)cccc1C(F)F. The molecule has 0 fully saturated rings. The number of para-hydroxylation sites is 1. The molecule has 0 atom stereocenters. The molecule has 0 unspecified atom stereocenters. The number of alkyl halides is 2. The number of hydrogen-bond acceptors (Lipinski definition) is 3. The summed E-state index contributed by atoms with van der Waals surface area (Å²) in [7, 11) is 0. The van der Waals surface area contributed by atoms with Crippen molar-refractivity contribution in [2.24, 2.45) is 0 Å². The highest BCUT2D eigenvalue weighted by Gasteiger charge is 2.16. The first kappa shape index (κ1) is 13.0. The van der Waals surface area contributed by atoms with Gasteiger partial charge in [0.25, 0.3) is 6.43 Å². The van der Waals surface area contributed by atoms with Crippen molar-refractivity contribution in [3.05, 3.63) is 53.3 Å². The minimum absolute atomic E-state index is 0.135. The normalized spacial score (nSPS) is 10.3. The summed E-state index contributed by atoms with van der Waals surface area (Å²) >= 11 is 0. The largest absolute Gasteiger partial charge is 0.353 e. The van der Waals surface area contributed by atoms with Gasteiger partial charge >= 0.3 is 0 Å². The van der Waals surface area contributed by atoms with Crippen molar-refractivity contribution in [3.63, 3.8) is 0 Å². The van der Waals surface area contributed by atoms with E-state index in [9.17, 15) is 8.78 Å². The van der Waals surface area contributed by atoms with Gasteiger partial charge in [-0.05, 0) is 25.1 Å². The van der Waals surface area contributed by atoms with E-state index in [4.69, 9.17) is 5.26 Å². The maximum absolute atomic E-state index is 13.0. The molecule has 2 aromatic rings. The van der Waals surface area contributed by atoms with Crippen LogP contribution in [0.1, 0.15) is 23.2 Å². The molecule has 0 saturated heterocycles. The molecule has 2 rings (SSSR count). The predicted octanol–water partition coefficient (Wildman–Crippen LogP) is 3.94. The number of nitriles is 1. The summed E-state index contributed by atoms with van der Waals surface area (Å²) in [6.45, 7) is 1.76. The van der Waals surface area contributed by atoms with Crippen LogP contribution in [0.25, 0.3) is 0 Å². The zero-order valence-corrected chi connectivity index (χ0v) is 10.2. The fraction of sp³-hybridized carbons (Fsp3) is 0.143. The molecule has 1 N–H and O–H groups in total. The fourth-order valence-electron chi connectivity index (χ4n) is 1.74. The third-order valence-corrected chi connectivity index (χ3v) is 2.72. The van der Waals surface area contributed by atoms with Gasteiger partial charge in [0.1, 0.15) is 6.07 Å². The van der Waals surface area contributed by atoms with Crippen LogP contribution in [0.2, 0.25) is 0 Å². The van der Waals surface area contributed by atoms with Crippen molar-refractivity contribution < 1.29 is 8.78 Å². The molecule has 1 aromatic heterocycles. The van der Waals surface area contributed by atoms with E-state index < -0.39 is 6.43 Å². The van der Waals surface area contributed by atoms with E-state index in [1.165, 1.54) is 18.2 Å². The molecule has 0 amide bonds. The average Bonchev–Trinajstić information content (AvgIpc) is 2.41. The van der Waals surface area contributed by atoms with Gasteiger partial charge in [0, 0.05) is 11.8 Å². The number of rotatable bonds is 3. The van der Waals surface area contributed by atoms with Gasteiger partial charge in [-0.1, -0.05) is 12.1 Å². The Bertz CT molecular complexity index is 633. The first-order valence-electron chi connectivity index (χ1n) is 5.63. The smallest absolute Gasteiger partial charge is 0.265 e. The van der Waals surface area contributed by atoms with E-state index >= 15 is 0 Å². The molecule has 0 aliphatic carbocycles. The van der Waals surface area contributed by atoms with E-state index in [2.05, 4.69) is 10.3 Å². The number of aromatic nitrogens is 1. The maximum atomic E-state index is 13.0. The Morgan fingerprint density at radius 2 is 2.05 bits per heavy atom. The summed E-state index contributed by atoms with van der Waals surface area (Å²) in [6.07, 6.45) is -1.03. The highest BCUT2D eigenvalue weighted by Crippen LogP contribution is 2.32. The number of benzene rings is 1. The van der Waals surface area contributed by atoms with Gasteiger partial charge in [0.15, 0.2) is 0 Å². The second-order valence-corrected chi connectivity index (χ2v) is 3.94. The number of hydrogen-bond donors (Lipinski definition) is 1. The minimum atomic E-state index is -2.65. The van der Waals surface area contributed by atoms with Gasteiger partial charge in [-0.2, -0.15) is 5.26 Å². The number of aryl methyl sites for hydroxylation is 1. The van der Waals surface area contributed by atoms with E-state index in [1.807, 2.05) is 6.07 Å². The monoisotopic (exact) mass is 259 g/mol. The molecule has 1 aromatic carbocycles. The third-order valence-electron chi connectivity index (χ3n) is 2.72. The summed E-state index contributed by atoms with van der Waals surface area (Å²) in [5.41, 5.74) is 1.40. The van der Waals surface area contributed by atoms with Crippen LogP contribution in [0.4, 0.5) is 20.2 Å². The Hall–Kier alpha value is -2.48. The van der Waals surface area contributed by atoms with Crippen molar-refractivity contribution in [3.8, 4) is 6.07 Å². The van der Waals surface area contributed by atoms with Gasteiger partial charge in [0.05, 0.1) is 22.6 Å². The predicted molar refractivity (Wildman–Crippen MR) is 68.4 cm³/mol. The number of pyridine rings is 1. The maximum Gasteiger partial charge on any atom is 0.265 e. The van der Waals surface area contributed by atoms with Crippen molar-refractivity contribution >= 4 is 11.4 Å². The van der Waals surface area contributed by atoms with Crippen LogP contribution >= 0.6 is 0 Å². The van der Waals surface area contributed by atoms with Crippen LogP contribution in [0.3, 0.4) is 0 Å². The minimum Gasteiger partial charge on any atom is -0.353 e. The van der Waals surface area contributed by atoms with Crippen molar-refractivity contribution in [1.82, 2.24) is 4.98 Å². The van der Waals surface area contributed by atoms with E-state index in [0.717, 1.165) is 0 Å². The van der Waals surface area contributed by atoms with Crippen LogP contribution in [-0.4, -0.2) is 4.98 Å². The molecule has 0 bridgehead atoms.